The van der Waals surface area contributed by atoms with Gasteiger partial charge in [0.1, 0.15) is 17.2 Å². The number of hydrogen-bond acceptors (Lipinski definition) is 3. The fraction of sp³-hybridized carbons (Fsp3) is 0.133. The minimum atomic E-state index is -3.11. The van der Waals surface area contributed by atoms with E-state index in [2.05, 4.69) is 31.3 Å². The fourth-order valence-corrected chi connectivity index (χ4v) is 2.51. The van der Waals surface area contributed by atoms with Crippen molar-refractivity contribution in [2.45, 2.75) is 12.9 Å². The molecule has 3 rings (SSSR count). The zero-order chi connectivity index (χ0) is 19.0. The number of fused-ring (bicyclic) bond motifs is 1. The molecule has 0 saturated heterocycles. The third-order valence-corrected chi connectivity index (χ3v) is 3.83. The van der Waals surface area contributed by atoms with Gasteiger partial charge in [-0.2, -0.15) is 5.10 Å². The first kappa shape index (κ1) is 18.2. The molecule has 3 aromatic rings. The smallest absolute Gasteiger partial charge is 0.280 e. The maximum atomic E-state index is 13.8. The van der Waals surface area contributed by atoms with Gasteiger partial charge in [0.25, 0.3) is 18.8 Å². The summed E-state index contributed by atoms with van der Waals surface area (Å²) in [6.07, 6.45) is -6.18. The molecule has 0 radical (unpaired) electrons. The minimum absolute atomic E-state index is 0.162. The average molecular weight is 435 g/mol. The molecule has 0 spiro atoms. The second kappa shape index (κ2) is 6.98. The summed E-state index contributed by atoms with van der Waals surface area (Å²) >= 11 is 3.06. The summed E-state index contributed by atoms with van der Waals surface area (Å²) in [7, 11) is 0. The number of nitrogens with zero attached hydrogens (tertiary/aromatic N) is 3. The zero-order valence-corrected chi connectivity index (χ0v) is 14.1. The van der Waals surface area contributed by atoms with E-state index >= 15 is 0 Å². The van der Waals surface area contributed by atoms with Gasteiger partial charge in [-0.05, 0) is 24.3 Å². The molecule has 1 N–H and O–H groups in total. The Hall–Kier alpha value is -2.56. The SMILES string of the molecule is O=C(Nc1ccc(Br)cc1F)c1cc2nc(C(F)F)cc(C(F)F)n2n1. The first-order valence-corrected chi connectivity index (χ1v) is 7.79. The van der Waals surface area contributed by atoms with E-state index < -0.39 is 36.0 Å². The molecule has 5 nitrogen and oxygen atoms in total. The van der Waals surface area contributed by atoms with Crippen LogP contribution in [0.1, 0.15) is 34.7 Å². The van der Waals surface area contributed by atoms with Gasteiger partial charge in [-0.15, -0.1) is 0 Å². The molecule has 1 amide bonds. The average Bonchev–Trinajstić information content (AvgIpc) is 3.00. The van der Waals surface area contributed by atoms with E-state index in [4.69, 9.17) is 0 Å². The number of benzene rings is 1. The lowest BCUT2D eigenvalue weighted by atomic mass is 10.3. The number of amides is 1. The van der Waals surface area contributed by atoms with Crippen LogP contribution in [0, 0.1) is 5.82 Å². The number of hydrogen-bond donors (Lipinski definition) is 1. The quantitative estimate of drug-likeness (QED) is 0.602. The number of alkyl halides is 4. The van der Waals surface area contributed by atoms with Crippen molar-refractivity contribution in [1.29, 1.82) is 0 Å². The summed E-state index contributed by atoms with van der Waals surface area (Å²) in [5.74, 6) is -1.64. The van der Waals surface area contributed by atoms with Crippen molar-refractivity contribution in [2.24, 2.45) is 0 Å². The van der Waals surface area contributed by atoms with Crippen molar-refractivity contribution in [2.75, 3.05) is 5.32 Å². The van der Waals surface area contributed by atoms with Crippen LogP contribution >= 0.6 is 15.9 Å². The molecular weight excluding hydrogens is 427 g/mol. The molecule has 0 atom stereocenters. The predicted molar refractivity (Wildman–Crippen MR) is 85.0 cm³/mol. The second-order valence-electron chi connectivity index (χ2n) is 5.09. The van der Waals surface area contributed by atoms with Crippen molar-refractivity contribution >= 4 is 33.2 Å². The van der Waals surface area contributed by atoms with Crippen LogP contribution in [0.2, 0.25) is 0 Å². The topological polar surface area (TPSA) is 59.3 Å². The number of rotatable bonds is 4. The Bertz CT molecular complexity index is 992. The Labute approximate surface area is 151 Å². The van der Waals surface area contributed by atoms with Gasteiger partial charge in [-0.3, -0.25) is 4.79 Å². The van der Waals surface area contributed by atoms with E-state index in [0.29, 0.717) is 15.1 Å². The zero-order valence-electron chi connectivity index (χ0n) is 12.6. The molecule has 2 aromatic heterocycles. The summed E-state index contributed by atoms with van der Waals surface area (Å²) < 4.78 is 66.6. The third kappa shape index (κ3) is 3.52. The summed E-state index contributed by atoms with van der Waals surface area (Å²) in [5, 5.41) is 5.89. The van der Waals surface area contributed by atoms with E-state index in [9.17, 15) is 26.7 Å². The highest BCUT2D eigenvalue weighted by Crippen LogP contribution is 2.26. The Balaban J connectivity index is 2.00. The monoisotopic (exact) mass is 434 g/mol. The molecule has 0 bridgehead atoms. The Morgan fingerprint density at radius 2 is 1.85 bits per heavy atom. The summed E-state index contributed by atoms with van der Waals surface area (Å²) in [6, 6.07) is 5.36. The van der Waals surface area contributed by atoms with Crippen LogP contribution in [0.5, 0.6) is 0 Å². The van der Waals surface area contributed by atoms with Crippen molar-refractivity contribution in [1.82, 2.24) is 14.6 Å². The molecule has 136 valence electrons. The van der Waals surface area contributed by atoms with Crippen LogP contribution in [0.3, 0.4) is 0 Å². The van der Waals surface area contributed by atoms with E-state index in [1.807, 2.05) is 0 Å². The van der Waals surface area contributed by atoms with Gasteiger partial charge in [0, 0.05) is 10.5 Å². The highest BCUT2D eigenvalue weighted by Gasteiger charge is 2.22. The lowest BCUT2D eigenvalue weighted by Gasteiger charge is -2.06. The standard InChI is InChI=1S/C15H8BrF5N4O/c16-6-1-2-8(7(17)3-6)23-15(26)10-5-12-22-9(13(18)19)4-11(14(20)21)25(12)24-10/h1-5,13-14H,(H,23,26). The van der Waals surface area contributed by atoms with Gasteiger partial charge in [0.05, 0.1) is 5.69 Å². The molecule has 2 heterocycles. The van der Waals surface area contributed by atoms with Crippen molar-refractivity contribution < 1.29 is 26.7 Å². The molecule has 0 fully saturated rings. The lowest BCUT2D eigenvalue weighted by Crippen LogP contribution is -2.14. The van der Waals surface area contributed by atoms with Crippen LogP contribution in [0.4, 0.5) is 27.6 Å². The largest absolute Gasteiger partial charge is 0.318 e. The minimum Gasteiger partial charge on any atom is -0.318 e. The van der Waals surface area contributed by atoms with Crippen molar-refractivity contribution in [3.8, 4) is 0 Å². The molecule has 0 aliphatic carbocycles. The van der Waals surface area contributed by atoms with Crippen LogP contribution < -0.4 is 5.32 Å². The number of carbonyl (C=O) groups is 1. The second-order valence-corrected chi connectivity index (χ2v) is 6.00. The summed E-state index contributed by atoms with van der Waals surface area (Å²) in [6.45, 7) is 0. The maximum Gasteiger partial charge on any atom is 0.280 e. The van der Waals surface area contributed by atoms with E-state index in [1.54, 1.807) is 0 Å². The Kier molecular flexibility index (Phi) is 4.90. The van der Waals surface area contributed by atoms with Gasteiger partial charge >= 0.3 is 0 Å². The predicted octanol–water partition coefficient (Wildman–Crippen LogP) is 4.76. The number of nitrogens with one attached hydrogen (secondary N) is 1. The molecule has 0 unspecified atom stereocenters. The van der Waals surface area contributed by atoms with Crippen molar-refractivity contribution in [3.63, 3.8) is 0 Å². The van der Waals surface area contributed by atoms with E-state index in [1.165, 1.54) is 12.1 Å². The molecule has 1 aromatic carbocycles. The highest BCUT2D eigenvalue weighted by atomic mass is 79.9. The lowest BCUT2D eigenvalue weighted by molar-refractivity contribution is 0.102. The maximum absolute atomic E-state index is 13.8. The van der Waals surface area contributed by atoms with Crippen LogP contribution in [0.25, 0.3) is 5.65 Å². The number of anilines is 1. The van der Waals surface area contributed by atoms with Gasteiger partial charge in [0.2, 0.25) is 0 Å². The Morgan fingerprint density at radius 1 is 1.12 bits per heavy atom. The molecule has 0 aliphatic rings. The summed E-state index contributed by atoms with van der Waals surface area (Å²) in [4.78, 5) is 15.7. The first-order valence-electron chi connectivity index (χ1n) is 6.99. The van der Waals surface area contributed by atoms with Crippen LogP contribution in [0.15, 0.2) is 34.8 Å². The van der Waals surface area contributed by atoms with Crippen molar-refractivity contribution in [3.05, 3.63) is 57.7 Å². The normalized spacial score (nSPS) is 11.5. The number of halogens is 6. The number of carbonyl (C=O) groups excluding carboxylic acids is 1. The van der Waals surface area contributed by atoms with Gasteiger partial charge in [0.15, 0.2) is 11.3 Å². The molecular formula is C15H8BrF5N4O. The van der Waals surface area contributed by atoms with Crippen LogP contribution in [-0.4, -0.2) is 20.5 Å². The molecule has 26 heavy (non-hydrogen) atoms. The van der Waals surface area contributed by atoms with Gasteiger partial charge in [-0.25, -0.2) is 31.5 Å². The van der Waals surface area contributed by atoms with Gasteiger partial charge in [-0.1, -0.05) is 15.9 Å². The molecule has 0 saturated carbocycles. The Morgan fingerprint density at radius 3 is 2.46 bits per heavy atom. The van der Waals surface area contributed by atoms with Gasteiger partial charge < -0.3 is 5.32 Å². The number of aromatic nitrogens is 3. The summed E-state index contributed by atoms with van der Waals surface area (Å²) in [5.41, 5.74) is -2.59. The third-order valence-electron chi connectivity index (χ3n) is 3.33. The fourth-order valence-electron chi connectivity index (χ4n) is 2.17. The molecule has 11 heteroatoms. The van der Waals surface area contributed by atoms with E-state index in [-0.39, 0.29) is 17.0 Å². The molecule has 0 aliphatic heterocycles. The highest BCUT2D eigenvalue weighted by molar-refractivity contribution is 9.10. The first-order chi connectivity index (χ1) is 12.3. The van der Waals surface area contributed by atoms with E-state index in [0.717, 1.165) is 12.1 Å². The van der Waals surface area contributed by atoms with Crippen LogP contribution in [-0.2, 0) is 0 Å².